The number of rotatable bonds is 9. The van der Waals surface area contributed by atoms with Crippen LogP contribution in [0.4, 0.5) is 0 Å². The van der Waals surface area contributed by atoms with E-state index in [4.69, 9.17) is 9.72 Å². The molecule has 5 heterocycles. The lowest BCUT2D eigenvalue weighted by Gasteiger charge is -2.20. The molecule has 0 N–H and O–H groups in total. The molecule has 0 aliphatic heterocycles. The Bertz CT molecular complexity index is 5140. The van der Waals surface area contributed by atoms with Crippen LogP contribution in [0.3, 0.4) is 0 Å². The van der Waals surface area contributed by atoms with Crippen LogP contribution in [0.2, 0.25) is 0 Å². The Hall–Kier alpha value is -10.8. The fourth-order valence-electron chi connectivity index (χ4n) is 12.9. The standard InChI is InChI=1S/C76H54N6O/c1-76(2,3)52-44-45-77-68(46-52)82-67-48-57(83-56-33-22-32-55(47-56)78-49-79(66-41-21-20-40-65(66)78)72-58(50-24-8-4-9-25-50)36-23-37-59(72)51-26-10-5-11-27-51)42-43-62(67)71-73-69(60-34-16-18-38-63(60)80(73)53-28-12-6-13-29-53)70-61-35-17-19-39-64(61)81(74(70)75(71)82)54-30-14-7-15-31-54/h4-48H,1-3H3. The van der Waals surface area contributed by atoms with E-state index in [2.05, 4.69) is 311 Å². The predicted molar refractivity (Wildman–Crippen MR) is 341 cm³/mol. The van der Waals surface area contributed by atoms with Crippen LogP contribution in [0.1, 0.15) is 26.3 Å². The molecule has 16 aromatic rings. The topological polar surface area (TPSA) is 45.7 Å². The van der Waals surface area contributed by atoms with Gasteiger partial charge in [0, 0.05) is 56.0 Å². The second-order valence-electron chi connectivity index (χ2n) is 22.5. The monoisotopic (exact) mass is 1070 g/mol. The third-order valence-electron chi connectivity index (χ3n) is 16.6. The van der Waals surface area contributed by atoms with Crippen molar-refractivity contribution in [3.05, 3.63) is 285 Å². The quantitative estimate of drug-likeness (QED) is 0.107. The summed E-state index contributed by atoms with van der Waals surface area (Å²) in [6.07, 6.45) is 5.83. The minimum Gasteiger partial charge on any atom is -0.458 e. The molecule has 0 fully saturated rings. The molecule has 7 nitrogen and oxygen atoms in total. The van der Waals surface area contributed by atoms with E-state index >= 15 is 0 Å². The van der Waals surface area contributed by atoms with Crippen molar-refractivity contribution < 1.29 is 9.30 Å². The van der Waals surface area contributed by atoms with Crippen molar-refractivity contribution in [2.24, 2.45) is 0 Å². The molecule has 0 aliphatic rings. The van der Waals surface area contributed by atoms with Crippen molar-refractivity contribution in [2.45, 2.75) is 26.2 Å². The fourth-order valence-corrected chi connectivity index (χ4v) is 12.9. The summed E-state index contributed by atoms with van der Waals surface area (Å²) < 4.78 is 18.9. The first-order chi connectivity index (χ1) is 40.9. The van der Waals surface area contributed by atoms with Gasteiger partial charge in [0.2, 0.25) is 0 Å². The van der Waals surface area contributed by atoms with E-state index in [1.807, 2.05) is 12.3 Å². The van der Waals surface area contributed by atoms with Gasteiger partial charge in [-0.25, -0.2) is 4.98 Å². The first kappa shape index (κ1) is 48.2. The summed E-state index contributed by atoms with van der Waals surface area (Å²) in [6.45, 7) is 6.81. The second kappa shape index (κ2) is 18.9. The van der Waals surface area contributed by atoms with Crippen molar-refractivity contribution in [1.82, 2.24) is 23.3 Å². The zero-order valence-corrected chi connectivity index (χ0v) is 46.1. The summed E-state index contributed by atoms with van der Waals surface area (Å²) in [6, 6.07) is 95.2. The van der Waals surface area contributed by atoms with E-state index < -0.39 is 0 Å². The maximum absolute atomic E-state index is 7.15. The highest BCUT2D eigenvalue weighted by molar-refractivity contribution is 6.40. The second-order valence-corrected chi connectivity index (χ2v) is 22.5. The summed E-state index contributed by atoms with van der Waals surface area (Å²) >= 11 is 0. The Morgan fingerprint density at radius 3 is 1.57 bits per heavy atom. The number of para-hydroxylation sites is 7. The van der Waals surface area contributed by atoms with Gasteiger partial charge in [0.15, 0.2) is 0 Å². The predicted octanol–water partition coefficient (Wildman–Crippen LogP) is 18.8. The largest absolute Gasteiger partial charge is 0.458 e. The van der Waals surface area contributed by atoms with E-state index in [0.29, 0.717) is 11.5 Å². The van der Waals surface area contributed by atoms with Crippen LogP contribution >= 0.6 is 0 Å². The minimum atomic E-state index is -0.145. The molecule has 11 aromatic carbocycles. The van der Waals surface area contributed by atoms with Crippen LogP contribution in [0.15, 0.2) is 273 Å². The summed E-state index contributed by atoms with van der Waals surface area (Å²) in [5.41, 5.74) is 18.3. The van der Waals surface area contributed by atoms with E-state index in [0.717, 1.165) is 106 Å². The van der Waals surface area contributed by atoms with Crippen molar-refractivity contribution in [3.63, 3.8) is 0 Å². The number of benzene rings is 11. The third kappa shape index (κ3) is 7.65. The Kier molecular flexibility index (Phi) is 11.0. The molecule has 0 saturated heterocycles. The van der Waals surface area contributed by atoms with Gasteiger partial charge in [-0.05, 0) is 112 Å². The number of nitrogens with zero attached hydrogens (tertiary/aromatic N) is 6. The summed E-state index contributed by atoms with van der Waals surface area (Å²) in [4.78, 5) is 5.31. The normalized spacial score (nSPS) is 12.0. The lowest BCUT2D eigenvalue weighted by Crippen LogP contribution is -2.29. The number of fused-ring (bicyclic) bond motifs is 13. The van der Waals surface area contributed by atoms with Gasteiger partial charge in [-0.2, -0.15) is 0 Å². The molecule has 0 unspecified atom stereocenters. The fraction of sp³-hybridized carbons (Fsp3) is 0.0526. The molecule has 0 aliphatic carbocycles. The summed E-state index contributed by atoms with van der Waals surface area (Å²) in [5.74, 6) is 2.23. The van der Waals surface area contributed by atoms with Gasteiger partial charge in [0.1, 0.15) is 17.3 Å². The molecule has 0 saturated carbocycles. The number of pyridine rings is 1. The van der Waals surface area contributed by atoms with Gasteiger partial charge in [-0.1, -0.05) is 203 Å². The number of hydrogen-bond acceptors (Lipinski definition) is 2. The number of hydrogen-bond donors (Lipinski definition) is 0. The Morgan fingerprint density at radius 2 is 0.928 bits per heavy atom. The molecule has 394 valence electrons. The molecular formula is C76H54N6O. The van der Waals surface area contributed by atoms with Crippen molar-refractivity contribution in [3.8, 4) is 62.3 Å². The molecule has 7 heteroatoms. The van der Waals surface area contributed by atoms with Crippen LogP contribution in [0.5, 0.6) is 11.5 Å². The van der Waals surface area contributed by atoms with Crippen molar-refractivity contribution >= 4 is 76.5 Å². The molecule has 16 rings (SSSR count). The molecule has 0 bridgehead atoms. The van der Waals surface area contributed by atoms with Crippen molar-refractivity contribution in [1.29, 1.82) is 0 Å². The molecule has 0 spiro atoms. The number of ether oxygens (including phenoxy) is 1. The smallest absolute Gasteiger partial charge is 0.269 e. The van der Waals surface area contributed by atoms with Crippen LogP contribution in [-0.2, 0) is 5.41 Å². The van der Waals surface area contributed by atoms with Crippen molar-refractivity contribution in [2.75, 3.05) is 0 Å². The number of aromatic nitrogens is 6. The molecule has 0 radical (unpaired) electrons. The van der Waals surface area contributed by atoms with Gasteiger partial charge in [-0.3, -0.25) is 13.7 Å². The lowest BCUT2D eigenvalue weighted by molar-refractivity contribution is -0.572. The van der Waals surface area contributed by atoms with Gasteiger partial charge < -0.3 is 13.9 Å². The lowest BCUT2D eigenvalue weighted by atomic mass is 9.88. The van der Waals surface area contributed by atoms with E-state index in [-0.39, 0.29) is 5.41 Å². The Labute approximate surface area is 480 Å². The average Bonchev–Trinajstić information content (AvgIpc) is 1.66. The summed E-state index contributed by atoms with van der Waals surface area (Å²) in [7, 11) is 0. The Morgan fingerprint density at radius 1 is 0.410 bits per heavy atom. The molecule has 0 atom stereocenters. The third-order valence-corrected chi connectivity index (χ3v) is 16.6. The van der Waals surface area contributed by atoms with Crippen LogP contribution in [0, 0.1) is 6.33 Å². The van der Waals surface area contributed by atoms with Gasteiger partial charge in [0.05, 0.1) is 55.5 Å². The van der Waals surface area contributed by atoms with E-state index in [9.17, 15) is 0 Å². The average molecular weight is 1070 g/mol. The minimum absolute atomic E-state index is 0.145. The van der Waals surface area contributed by atoms with E-state index in [1.165, 1.54) is 27.1 Å². The number of imidazole rings is 1. The first-order valence-corrected chi connectivity index (χ1v) is 28.4. The highest BCUT2D eigenvalue weighted by Crippen LogP contribution is 2.51. The van der Waals surface area contributed by atoms with Gasteiger partial charge >= 0.3 is 0 Å². The maximum Gasteiger partial charge on any atom is 0.269 e. The maximum atomic E-state index is 7.15. The highest BCUT2D eigenvalue weighted by Gasteiger charge is 2.30. The van der Waals surface area contributed by atoms with Gasteiger partial charge in [0.25, 0.3) is 6.33 Å². The summed E-state index contributed by atoms with van der Waals surface area (Å²) in [5, 5.41) is 6.99. The van der Waals surface area contributed by atoms with Gasteiger partial charge in [-0.15, -0.1) is 0 Å². The Balaban J connectivity index is 0.950. The molecule has 83 heavy (non-hydrogen) atoms. The first-order valence-electron chi connectivity index (χ1n) is 28.4. The zero-order valence-electron chi connectivity index (χ0n) is 46.1. The van der Waals surface area contributed by atoms with Crippen LogP contribution < -0.4 is 9.30 Å². The van der Waals surface area contributed by atoms with Crippen LogP contribution in [-0.4, -0.2) is 23.3 Å². The highest BCUT2D eigenvalue weighted by atomic mass is 16.5. The molecule has 0 amide bonds. The van der Waals surface area contributed by atoms with Crippen LogP contribution in [0.25, 0.3) is 127 Å². The zero-order chi connectivity index (χ0) is 55.3. The molecule has 5 aromatic heterocycles. The molecular weight excluding hydrogens is 1010 g/mol. The van der Waals surface area contributed by atoms with E-state index in [1.54, 1.807) is 0 Å². The SMILES string of the molecule is CC(C)(C)c1ccnc(-n2c3cc(Oc4cccc(-[n+]5[c-]n(-c6c(-c7ccccc7)cccc6-c6ccccc6)c6ccccc65)c4)ccc3c3c4c(c5ccccc5n4-c4ccccc4)c4c5ccccc5n(-c5ccccc5)c4c32)c1.